The summed E-state index contributed by atoms with van der Waals surface area (Å²) >= 11 is 0. The van der Waals surface area contributed by atoms with E-state index in [1.165, 1.54) is 5.39 Å². The highest BCUT2D eigenvalue weighted by atomic mass is 16.5. The molecule has 5 aromatic rings. The van der Waals surface area contributed by atoms with Crippen molar-refractivity contribution in [2.45, 2.75) is 0 Å². The molecule has 0 saturated carbocycles. The molecule has 1 N–H and O–H groups in total. The summed E-state index contributed by atoms with van der Waals surface area (Å²) in [6.45, 7) is 0. The number of benzene rings is 4. The van der Waals surface area contributed by atoms with Crippen LogP contribution in [0.15, 0.2) is 71.1 Å². The molecule has 24 heavy (non-hydrogen) atoms. The standard InChI is InChI=1S/C20H13BO3/c22-21-24-19-11-17-16-9-12-5-1-2-6-13(12)10-18(16)23-20(17)15-8-4-3-7-14(15)19/h1-11,21-22H. The molecular formula is C20H13BO3. The van der Waals surface area contributed by atoms with Crippen LogP contribution in [0.4, 0.5) is 0 Å². The van der Waals surface area contributed by atoms with E-state index in [1.807, 2.05) is 42.5 Å². The molecule has 4 aromatic carbocycles. The molecular weight excluding hydrogens is 299 g/mol. The van der Waals surface area contributed by atoms with Crippen LogP contribution >= 0.6 is 0 Å². The summed E-state index contributed by atoms with van der Waals surface area (Å²) in [6, 6.07) is 22.3. The molecule has 1 heterocycles. The number of furan rings is 1. The first kappa shape index (κ1) is 13.5. The Morgan fingerprint density at radius 3 is 2.25 bits per heavy atom. The minimum Gasteiger partial charge on any atom is -0.538 e. The largest absolute Gasteiger partial charge is 0.538 e. The highest BCUT2D eigenvalue weighted by Crippen LogP contribution is 2.40. The molecule has 0 unspecified atom stereocenters. The van der Waals surface area contributed by atoms with Gasteiger partial charge >= 0.3 is 7.69 Å². The van der Waals surface area contributed by atoms with Crippen molar-refractivity contribution in [1.29, 1.82) is 0 Å². The van der Waals surface area contributed by atoms with Crippen LogP contribution < -0.4 is 4.65 Å². The van der Waals surface area contributed by atoms with E-state index in [9.17, 15) is 5.02 Å². The van der Waals surface area contributed by atoms with Crippen molar-refractivity contribution in [3.05, 3.63) is 66.7 Å². The Labute approximate surface area is 138 Å². The van der Waals surface area contributed by atoms with Crippen LogP contribution in [0.2, 0.25) is 0 Å². The summed E-state index contributed by atoms with van der Waals surface area (Å²) in [5.74, 6) is 0.663. The van der Waals surface area contributed by atoms with Gasteiger partial charge in [0.2, 0.25) is 0 Å². The van der Waals surface area contributed by atoms with E-state index >= 15 is 0 Å². The minimum absolute atomic E-state index is 0.353. The van der Waals surface area contributed by atoms with Gasteiger partial charge in [-0.25, -0.2) is 0 Å². The van der Waals surface area contributed by atoms with Crippen molar-refractivity contribution in [3.63, 3.8) is 0 Å². The van der Waals surface area contributed by atoms with Gasteiger partial charge in [0.25, 0.3) is 0 Å². The SMILES string of the molecule is OBOc1cc2c3cc4ccccc4cc3oc2c2ccccc12. The fraction of sp³-hybridized carbons (Fsp3) is 0. The van der Waals surface area contributed by atoms with Crippen molar-refractivity contribution >= 4 is 51.2 Å². The Kier molecular flexibility index (Phi) is 2.81. The predicted molar refractivity (Wildman–Crippen MR) is 98.7 cm³/mol. The second kappa shape index (κ2) is 5.01. The van der Waals surface area contributed by atoms with Gasteiger partial charge in [-0.2, -0.15) is 0 Å². The van der Waals surface area contributed by atoms with Gasteiger partial charge in [0.15, 0.2) is 0 Å². The first-order valence-corrected chi connectivity index (χ1v) is 7.85. The zero-order chi connectivity index (χ0) is 16.1. The van der Waals surface area contributed by atoms with Crippen molar-refractivity contribution in [3.8, 4) is 5.75 Å². The van der Waals surface area contributed by atoms with Crippen molar-refractivity contribution in [1.82, 2.24) is 0 Å². The zero-order valence-corrected chi connectivity index (χ0v) is 12.8. The van der Waals surface area contributed by atoms with E-state index in [4.69, 9.17) is 9.07 Å². The zero-order valence-electron chi connectivity index (χ0n) is 12.8. The number of hydrogen-bond acceptors (Lipinski definition) is 3. The van der Waals surface area contributed by atoms with Crippen LogP contribution in [-0.4, -0.2) is 12.7 Å². The lowest BCUT2D eigenvalue weighted by Crippen LogP contribution is -2.00. The maximum Gasteiger partial charge on any atom is 0.504 e. The molecule has 0 amide bonds. The summed E-state index contributed by atoms with van der Waals surface area (Å²) in [5.41, 5.74) is 1.70. The van der Waals surface area contributed by atoms with Crippen LogP contribution in [0.25, 0.3) is 43.5 Å². The molecule has 114 valence electrons. The number of hydrogen-bond donors (Lipinski definition) is 1. The second-order valence-corrected chi connectivity index (χ2v) is 5.87. The number of rotatable bonds is 2. The predicted octanol–water partition coefficient (Wildman–Crippen LogP) is 4.53. The maximum atomic E-state index is 9.21. The third-order valence-corrected chi connectivity index (χ3v) is 4.53. The summed E-state index contributed by atoms with van der Waals surface area (Å²) in [6.07, 6.45) is 0. The lowest BCUT2D eigenvalue weighted by atomic mass is 10.0. The molecule has 0 saturated heterocycles. The van der Waals surface area contributed by atoms with Crippen LogP contribution in [0, 0.1) is 0 Å². The highest BCUT2D eigenvalue weighted by molar-refractivity contribution is 6.21. The van der Waals surface area contributed by atoms with E-state index in [2.05, 4.69) is 24.3 Å². The van der Waals surface area contributed by atoms with Crippen molar-refractivity contribution in [2.75, 3.05) is 0 Å². The molecule has 0 radical (unpaired) electrons. The maximum absolute atomic E-state index is 9.21. The van der Waals surface area contributed by atoms with E-state index in [0.29, 0.717) is 5.75 Å². The fourth-order valence-corrected chi connectivity index (χ4v) is 3.44. The lowest BCUT2D eigenvalue weighted by Gasteiger charge is -2.07. The molecule has 3 nitrogen and oxygen atoms in total. The smallest absolute Gasteiger partial charge is 0.504 e. The average Bonchev–Trinajstić information content (AvgIpc) is 2.98. The van der Waals surface area contributed by atoms with E-state index in [1.54, 1.807) is 0 Å². The van der Waals surface area contributed by atoms with Gasteiger partial charge in [-0.3, -0.25) is 0 Å². The second-order valence-electron chi connectivity index (χ2n) is 5.87. The molecule has 0 fully saturated rings. The van der Waals surface area contributed by atoms with E-state index < -0.39 is 0 Å². The van der Waals surface area contributed by atoms with Crippen molar-refractivity contribution in [2.24, 2.45) is 0 Å². The third kappa shape index (κ3) is 1.84. The Balaban J connectivity index is 1.99. The first-order valence-electron chi connectivity index (χ1n) is 7.85. The van der Waals surface area contributed by atoms with E-state index in [0.717, 1.165) is 38.1 Å². The molecule has 0 aliphatic heterocycles. The van der Waals surface area contributed by atoms with Crippen LogP contribution in [0.3, 0.4) is 0 Å². The minimum atomic E-state index is -0.353. The molecule has 0 spiro atoms. The van der Waals surface area contributed by atoms with Gasteiger partial charge in [-0.15, -0.1) is 0 Å². The summed E-state index contributed by atoms with van der Waals surface area (Å²) in [4.78, 5) is 0. The van der Waals surface area contributed by atoms with Gasteiger partial charge in [0.05, 0.1) is 0 Å². The van der Waals surface area contributed by atoms with Gasteiger partial charge in [0, 0.05) is 21.5 Å². The Bertz CT molecular complexity index is 1220. The molecule has 0 atom stereocenters. The first-order chi connectivity index (χ1) is 11.8. The average molecular weight is 312 g/mol. The fourth-order valence-electron chi connectivity index (χ4n) is 3.44. The van der Waals surface area contributed by atoms with Gasteiger partial charge in [-0.05, 0) is 29.0 Å². The Hall–Kier alpha value is -2.98. The van der Waals surface area contributed by atoms with E-state index in [-0.39, 0.29) is 7.69 Å². The molecule has 0 aliphatic rings. The molecule has 0 aliphatic carbocycles. The highest BCUT2D eigenvalue weighted by Gasteiger charge is 2.14. The van der Waals surface area contributed by atoms with Gasteiger partial charge in [-0.1, -0.05) is 48.5 Å². The number of fused-ring (bicyclic) bond motifs is 6. The monoisotopic (exact) mass is 312 g/mol. The normalized spacial score (nSPS) is 11.5. The molecule has 5 rings (SSSR count). The Morgan fingerprint density at radius 2 is 1.46 bits per heavy atom. The topological polar surface area (TPSA) is 42.6 Å². The van der Waals surface area contributed by atoms with Gasteiger partial charge < -0.3 is 14.1 Å². The summed E-state index contributed by atoms with van der Waals surface area (Å²) in [7, 11) is -0.353. The Morgan fingerprint density at radius 1 is 0.750 bits per heavy atom. The van der Waals surface area contributed by atoms with Crippen LogP contribution in [0.5, 0.6) is 5.75 Å². The molecule has 0 bridgehead atoms. The molecule has 4 heteroatoms. The quantitative estimate of drug-likeness (QED) is 0.487. The molecule has 1 aromatic heterocycles. The summed E-state index contributed by atoms with van der Waals surface area (Å²) in [5, 5.41) is 15.5. The van der Waals surface area contributed by atoms with Crippen molar-refractivity contribution < 1.29 is 14.1 Å². The summed E-state index contributed by atoms with van der Waals surface area (Å²) < 4.78 is 11.6. The van der Waals surface area contributed by atoms with Crippen LogP contribution in [-0.2, 0) is 0 Å². The van der Waals surface area contributed by atoms with Crippen LogP contribution in [0.1, 0.15) is 0 Å². The third-order valence-electron chi connectivity index (χ3n) is 4.53. The lowest BCUT2D eigenvalue weighted by molar-refractivity contribution is 0.457. The van der Waals surface area contributed by atoms with Gasteiger partial charge in [0.1, 0.15) is 16.9 Å².